The van der Waals surface area contributed by atoms with Crippen LogP contribution in [0.1, 0.15) is 32.3 Å². The minimum absolute atomic E-state index is 0.133. The third kappa shape index (κ3) is 2.54. The Labute approximate surface area is 118 Å². The number of rotatable bonds is 1. The van der Waals surface area contributed by atoms with Crippen LogP contribution in [0.3, 0.4) is 0 Å². The first-order valence-corrected chi connectivity index (χ1v) is 7.17. The molecule has 2 nitrogen and oxygen atoms in total. The summed E-state index contributed by atoms with van der Waals surface area (Å²) in [4.78, 5) is 2.38. The summed E-state index contributed by atoms with van der Waals surface area (Å²) in [6.07, 6.45) is 2.08. The Bertz CT molecular complexity index is 488. The molecule has 1 saturated heterocycles. The van der Waals surface area contributed by atoms with E-state index < -0.39 is 0 Å². The fraction of sp³-hybridized carbons (Fsp3) is 0.533. The van der Waals surface area contributed by atoms with Crippen LogP contribution >= 0.6 is 15.9 Å². The predicted molar refractivity (Wildman–Crippen MR) is 78.6 cm³/mol. The third-order valence-electron chi connectivity index (χ3n) is 3.87. The summed E-state index contributed by atoms with van der Waals surface area (Å²) in [6.45, 7) is 7.47. The van der Waals surface area contributed by atoms with Crippen LogP contribution in [0, 0.1) is 24.2 Å². The fourth-order valence-electron chi connectivity index (χ4n) is 2.58. The van der Waals surface area contributed by atoms with Crippen LogP contribution < -0.4 is 4.90 Å². The number of nitrogens with zero attached hydrogens (tertiary/aromatic N) is 2. The molecule has 1 fully saturated rings. The molecule has 3 heteroatoms. The van der Waals surface area contributed by atoms with E-state index in [-0.39, 0.29) is 11.5 Å². The molecule has 1 aromatic rings. The minimum atomic E-state index is 0.133. The molecular formula is C15H19BrN2. The second-order valence-electron chi connectivity index (χ2n) is 5.72. The van der Waals surface area contributed by atoms with E-state index in [1.165, 1.54) is 11.3 Å². The van der Waals surface area contributed by atoms with Gasteiger partial charge in [0.05, 0.1) is 12.0 Å². The maximum Gasteiger partial charge on any atom is 0.0674 e. The van der Waals surface area contributed by atoms with Crippen LogP contribution in [0.2, 0.25) is 0 Å². The number of halogens is 1. The molecule has 0 bridgehead atoms. The van der Waals surface area contributed by atoms with E-state index >= 15 is 0 Å². The zero-order valence-corrected chi connectivity index (χ0v) is 12.8. The number of aryl methyl sites for hydroxylation is 1. The Morgan fingerprint density at radius 2 is 2.17 bits per heavy atom. The van der Waals surface area contributed by atoms with Gasteiger partial charge in [-0.25, -0.2) is 0 Å². The van der Waals surface area contributed by atoms with Gasteiger partial charge in [-0.15, -0.1) is 0 Å². The van der Waals surface area contributed by atoms with Gasteiger partial charge in [0.2, 0.25) is 0 Å². The van der Waals surface area contributed by atoms with Gasteiger partial charge in [0.1, 0.15) is 0 Å². The van der Waals surface area contributed by atoms with Gasteiger partial charge in [0, 0.05) is 22.2 Å². The van der Waals surface area contributed by atoms with E-state index in [2.05, 4.69) is 65.9 Å². The lowest BCUT2D eigenvalue weighted by Gasteiger charge is -2.46. The Balaban J connectivity index is 2.33. The van der Waals surface area contributed by atoms with Crippen molar-refractivity contribution in [1.29, 1.82) is 5.26 Å². The molecule has 0 radical (unpaired) electrons. The lowest BCUT2D eigenvalue weighted by Crippen LogP contribution is -2.50. The maximum atomic E-state index is 9.14. The Kier molecular flexibility index (Phi) is 3.68. The van der Waals surface area contributed by atoms with Crippen molar-refractivity contribution in [3.8, 4) is 6.07 Å². The monoisotopic (exact) mass is 306 g/mol. The number of benzene rings is 1. The van der Waals surface area contributed by atoms with Gasteiger partial charge < -0.3 is 4.90 Å². The quantitative estimate of drug-likeness (QED) is 0.774. The van der Waals surface area contributed by atoms with Gasteiger partial charge in [0.15, 0.2) is 0 Å². The molecule has 1 aromatic carbocycles. The summed E-state index contributed by atoms with van der Waals surface area (Å²) in [5.41, 5.74) is 2.59. The smallest absolute Gasteiger partial charge is 0.0674 e. The average molecular weight is 307 g/mol. The second kappa shape index (κ2) is 4.93. The molecule has 96 valence electrons. The molecule has 2 rings (SSSR count). The minimum Gasteiger partial charge on any atom is -0.365 e. The highest BCUT2D eigenvalue weighted by Gasteiger charge is 2.34. The van der Waals surface area contributed by atoms with Crippen LogP contribution in [0.15, 0.2) is 22.7 Å². The SMILES string of the molecule is Cc1cc(N2CC(C#N)CCC2(C)C)ccc1Br. The Hall–Kier alpha value is -1.01. The van der Waals surface area contributed by atoms with Crippen LogP contribution in [-0.2, 0) is 0 Å². The summed E-state index contributed by atoms with van der Waals surface area (Å²) in [7, 11) is 0. The highest BCUT2D eigenvalue weighted by atomic mass is 79.9. The number of nitriles is 1. The number of hydrogen-bond acceptors (Lipinski definition) is 2. The molecule has 1 atom stereocenters. The molecule has 0 spiro atoms. The van der Waals surface area contributed by atoms with E-state index in [9.17, 15) is 0 Å². The summed E-state index contributed by atoms with van der Waals surface area (Å²) >= 11 is 3.54. The van der Waals surface area contributed by atoms with Gasteiger partial charge in [-0.3, -0.25) is 0 Å². The van der Waals surface area contributed by atoms with Crippen molar-refractivity contribution in [3.05, 3.63) is 28.2 Å². The average Bonchev–Trinajstić information content (AvgIpc) is 2.33. The molecule has 1 aliphatic rings. The molecule has 1 heterocycles. The molecule has 0 aliphatic carbocycles. The number of anilines is 1. The van der Waals surface area contributed by atoms with Gasteiger partial charge >= 0.3 is 0 Å². The van der Waals surface area contributed by atoms with Crippen molar-refractivity contribution in [2.45, 2.75) is 39.2 Å². The number of piperidine rings is 1. The van der Waals surface area contributed by atoms with E-state index in [4.69, 9.17) is 5.26 Å². The van der Waals surface area contributed by atoms with E-state index in [0.29, 0.717) is 0 Å². The van der Waals surface area contributed by atoms with Crippen molar-refractivity contribution in [1.82, 2.24) is 0 Å². The summed E-state index contributed by atoms with van der Waals surface area (Å²) < 4.78 is 1.14. The first-order chi connectivity index (χ1) is 8.44. The van der Waals surface area contributed by atoms with Crippen LogP contribution in [0.25, 0.3) is 0 Å². The van der Waals surface area contributed by atoms with Gasteiger partial charge in [-0.1, -0.05) is 15.9 Å². The standard InChI is InChI=1S/C15H19BrN2/c1-11-8-13(4-5-14(11)16)18-10-12(9-17)6-7-15(18,2)3/h4-5,8,12H,6-7,10H2,1-3H3. The maximum absolute atomic E-state index is 9.14. The lowest BCUT2D eigenvalue weighted by atomic mass is 9.85. The molecule has 0 N–H and O–H groups in total. The predicted octanol–water partition coefficient (Wildman–Crippen LogP) is 4.28. The molecule has 0 amide bonds. The fourth-order valence-corrected chi connectivity index (χ4v) is 2.82. The largest absolute Gasteiger partial charge is 0.365 e. The van der Waals surface area contributed by atoms with Gasteiger partial charge in [-0.2, -0.15) is 5.26 Å². The highest BCUT2D eigenvalue weighted by molar-refractivity contribution is 9.10. The Morgan fingerprint density at radius 3 is 2.78 bits per heavy atom. The molecule has 0 saturated carbocycles. The first-order valence-electron chi connectivity index (χ1n) is 6.37. The molecule has 18 heavy (non-hydrogen) atoms. The van der Waals surface area contributed by atoms with E-state index in [1.807, 2.05) is 0 Å². The van der Waals surface area contributed by atoms with Gasteiger partial charge in [-0.05, 0) is 57.4 Å². The molecule has 1 unspecified atom stereocenters. The topological polar surface area (TPSA) is 27.0 Å². The first kappa shape index (κ1) is 13.4. The van der Waals surface area contributed by atoms with Crippen molar-refractivity contribution < 1.29 is 0 Å². The molecule has 1 aliphatic heterocycles. The van der Waals surface area contributed by atoms with E-state index in [1.54, 1.807) is 0 Å². The van der Waals surface area contributed by atoms with Crippen LogP contribution in [0.4, 0.5) is 5.69 Å². The van der Waals surface area contributed by atoms with Crippen molar-refractivity contribution >= 4 is 21.6 Å². The third-order valence-corrected chi connectivity index (χ3v) is 4.76. The van der Waals surface area contributed by atoms with Crippen molar-refractivity contribution in [2.24, 2.45) is 5.92 Å². The Morgan fingerprint density at radius 1 is 1.44 bits per heavy atom. The van der Waals surface area contributed by atoms with Crippen LogP contribution in [0.5, 0.6) is 0 Å². The molecule has 0 aromatic heterocycles. The zero-order valence-electron chi connectivity index (χ0n) is 11.2. The van der Waals surface area contributed by atoms with E-state index in [0.717, 1.165) is 23.9 Å². The number of hydrogen-bond donors (Lipinski definition) is 0. The van der Waals surface area contributed by atoms with Crippen molar-refractivity contribution in [2.75, 3.05) is 11.4 Å². The van der Waals surface area contributed by atoms with Crippen LogP contribution in [-0.4, -0.2) is 12.1 Å². The normalized spacial score (nSPS) is 22.6. The van der Waals surface area contributed by atoms with Crippen molar-refractivity contribution in [3.63, 3.8) is 0 Å². The second-order valence-corrected chi connectivity index (χ2v) is 6.58. The summed E-state index contributed by atoms with van der Waals surface area (Å²) in [5, 5.41) is 9.14. The summed E-state index contributed by atoms with van der Waals surface area (Å²) in [6, 6.07) is 8.85. The summed E-state index contributed by atoms with van der Waals surface area (Å²) in [5.74, 6) is 0.155. The highest BCUT2D eigenvalue weighted by Crippen LogP contribution is 2.35. The lowest BCUT2D eigenvalue weighted by molar-refractivity contribution is 0.325. The zero-order chi connectivity index (χ0) is 13.3. The van der Waals surface area contributed by atoms with Gasteiger partial charge in [0.25, 0.3) is 0 Å². The molecular weight excluding hydrogens is 288 g/mol.